The number of alkyl halides is 3. The molecule has 1 rings (SSSR count). The van der Waals surface area contributed by atoms with Gasteiger partial charge in [-0.15, -0.1) is 0 Å². The normalized spacial score (nSPS) is 13.0. The summed E-state index contributed by atoms with van der Waals surface area (Å²) < 4.78 is 60.6. The van der Waals surface area contributed by atoms with Crippen LogP contribution in [0.1, 0.15) is 24.5 Å². The van der Waals surface area contributed by atoms with Crippen LogP contribution in [0.3, 0.4) is 0 Å². The Balaban J connectivity index is 2.76. The van der Waals surface area contributed by atoms with Gasteiger partial charge in [0.15, 0.2) is 0 Å². The van der Waals surface area contributed by atoms with Gasteiger partial charge in [-0.05, 0) is 30.5 Å². The zero-order valence-electron chi connectivity index (χ0n) is 12.8. The monoisotopic (exact) mass is 349 g/mol. The average Bonchev–Trinajstić information content (AvgIpc) is 2.41. The Hall–Kier alpha value is -1.83. The molecule has 0 radical (unpaired) electrons. The van der Waals surface area contributed by atoms with Crippen LogP contribution in [-0.4, -0.2) is 32.9 Å². The molecule has 0 atom stereocenters. The van der Waals surface area contributed by atoms with Crippen molar-refractivity contribution in [1.82, 2.24) is 5.32 Å². The number of hydrogen-bond acceptors (Lipinski definition) is 3. The molecule has 1 aromatic rings. The maximum Gasteiger partial charge on any atom is 0.416 e. The van der Waals surface area contributed by atoms with Gasteiger partial charge in [0.1, 0.15) is 9.84 Å². The van der Waals surface area contributed by atoms with Crippen LogP contribution >= 0.6 is 0 Å². The Morgan fingerprint density at radius 1 is 1.26 bits per heavy atom. The van der Waals surface area contributed by atoms with E-state index in [0.29, 0.717) is 0 Å². The predicted molar refractivity (Wildman–Crippen MR) is 82.4 cm³/mol. The molecule has 128 valence electrons. The van der Waals surface area contributed by atoms with E-state index in [-0.39, 0.29) is 29.9 Å². The first-order valence-electron chi connectivity index (χ1n) is 6.81. The van der Waals surface area contributed by atoms with Crippen LogP contribution in [0.2, 0.25) is 0 Å². The van der Waals surface area contributed by atoms with Crippen molar-refractivity contribution in [2.75, 3.05) is 18.6 Å². The first kappa shape index (κ1) is 19.2. The lowest BCUT2D eigenvalue weighted by Gasteiger charge is -2.13. The Morgan fingerprint density at radius 3 is 2.43 bits per heavy atom. The summed E-state index contributed by atoms with van der Waals surface area (Å²) in [6.45, 7) is 1.55. The topological polar surface area (TPSA) is 63.2 Å². The van der Waals surface area contributed by atoms with E-state index < -0.39 is 27.5 Å². The molecule has 0 aliphatic rings. The van der Waals surface area contributed by atoms with Gasteiger partial charge >= 0.3 is 6.18 Å². The van der Waals surface area contributed by atoms with E-state index in [0.717, 1.165) is 18.4 Å². The fraction of sp³-hybridized carbons (Fsp3) is 0.400. The van der Waals surface area contributed by atoms with Gasteiger partial charge in [-0.2, -0.15) is 13.2 Å². The number of sulfone groups is 1. The Labute approximate surface area is 133 Å². The largest absolute Gasteiger partial charge is 0.416 e. The third kappa shape index (κ3) is 6.85. The first-order chi connectivity index (χ1) is 10.5. The maximum atomic E-state index is 12.9. The number of hydrogen-bond donors (Lipinski definition) is 1. The highest BCUT2D eigenvalue weighted by atomic mass is 32.2. The van der Waals surface area contributed by atoms with E-state index in [1.54, 1.807) is 0 Å². The van der Waals surface area contributed by atoms with Gasteiger partial charge in [-0.1, -0.05) is 18.2 Å². The molecule has 4 nitrogen and oxygen atoms in total. The summed E-state index contributed by atoms with van der Waals surface area (Å²) in [4.78, 5) is 11.7. The van der Waals surface area contributed by atoms with Crippen molar-refractivity contribution >= 4 is 21.3 Å². The van der Waals surface area contributed by atoms with E-state index >= 15 is 0 Å². The molecular weight excluding hydrogens is 331 g/mol. The second-order valence-corrected chi connectivity index (χ2v) is 7.40. The number of nitrogens with one attached hydrogen (secondary N) is 1. The van der Waals surface area contributed by atoms with Gasteiger partial charge < -0.3 is 5.32 Å². The summed E-state index contributed by atoms with van der Waals surface area (Å²) in [5.41, 5.74) is -0.691. The summed E-state index contributed by atoms with van der Waals surface area (Å²) in [6.07, 6.45) is -2.09. The van der Waals surface area contributed by atoms with Crippen molar-refractivity contribution < 1.29 is 26.4 Å². The van der Waals surface area contributed by atoms with Crippen molar-refractivity contribution in [1.29, 1.82) is 0 Å². The van der Waals surface area contributed by atoms with E-state index in [4.69, 9.17) is 0 Å². The zero-order chi connectivity index (χ0) is 17.7. The molecule has 0 saturated heterocycles. The van der Waals surface area contributed by atoms with Crippen LogP contribution in [0.15, 0.2) is 30.3 Å². The minimum Gasteiger partial charge on any atom is -0.353 e. The molecule has 0 saturated carbocycles. The molecule has 0 heterocycles. The van der Waals surface area contributed by atoms with Crippen LogP contribution in [0.5, 0.6) is 0 Å². The Bertz CT molecular complexity index is 694. The molecule has 23 heavy (non-hydrogen) atoms. The lowest BCUT2D eigenvalue weighted by molar-refractivity contribution is -0.137. The third-order valence-electron chi connectivity index (χ3n) is 3.00. The maximum absolute atomic E-state index is 12.9. The Morgan fingerprint density at radius 2 is 1.87 bits per heavy atom. The summed E-state index contributed by atoms with van der Waals surface area (Å²) >= 11 is 0. The molecular formula is C15H18F3NO3S. The predicted octanol–water partition coefficient (Wildman–Crippen LogP) is 2.66. The minimum atomic E-state index is -4.50. The van der Waals surface area contributed by atoms with Crippen molar-refractivity contribution in [3.05, 3.63) is 41.5 Å². The molecule has 0 aliphatic heterocycles. The van der Waals surface area contributed by atoms with Crippen molar-refractivity contribution in [2.45, 2.75) is 19.5 Å². The van der Waals surface area contributed by atoms with E-state index in [9.17, 15) is 26.4 Å². The number of benzene rings is 1. The van der Waals surface area contributed by atoms with E-state index in [2.05, 4.69) is 5.32 Å². The molecule has 0 bridgehead atoms. The fourth-order valence-electron chi connectivity index (χ4n) is 1.95. The molecule has 0 spiro atoms. The standard InChI is InChI=1S/C15H18F3NO3S/c1-11(10-14(20)19-8-5-9-23(2,21)22)12-6-3-4-7-13(12)15(16,17)18/h3-4,6-7,10H,5,8-9H2,1-2H3,(H,19,20). The smallest absolute Gasteiger partial charge is 0.353 e. The van der Waals surface area contributed by atoms with Gasteiger partial charge in [0.05, 0.1) is 11.3 Å². The zero-order valence-corrected chi connectivity index (χ0v) is 13.6. The quantitative estimate of drug-likeness (QED) is 0.634. The molecule has 1 aromatic carbocycles. The molecule has 0 aliphatic carbocycles. The number of carbonyl (C=O) groups excluding carboxylic acids is 1. The molecule has 0 unspecified atom stereocenters. The van der Waals surface area contributed by atoms with E-state index in [1.165, 1.54) is 25.1 Å². The minimum absolute atomic E-state index is 0.0626. The van der Waals surface area contributed by atoms with Gasteiger partial charge in [0.2, 0.25) is 5.91 Å². The fourth-order valence-corrected chi connectivity index (χ4v) is 2.61. The molecule has 1 amide bonds. The lowest BCUT2D eigenvalue weighted by Crippen LogP contribution is -2.24. The van der Waals surface area contributed by atoms with Crippen molar-refractivity contribution in [3.8, 4) is 0 Å². The number of amides is 1. The summed E-state index contributed by atoms with van der Waals surface area (Å²) in [5, 5.41) is 2.45. The van der Waals surface area contributed by atoms with Gasteiger partial charge in [-0.3, -0.25) is 4.79 Å². The SMILES string of the molecule is CC(=CC(=O)NCCCS(C)(=O)=O)c1ccccc1C(F)(F)F. The number of halogens is 3. The second-order valence-electron chi connectivity index (χ2n) is 5.15. The van der Waals surface area contributed by atoms with Crippen LogP contribution in [-0.2, 0) is 20.8 Å². The number of rotatable bonds is 6. The number of carbonyl (C=O) groups is 1. The highest BCUT2D eigenvalue weighted by Crippen LogP contribution is 2.34. The molecule has 0 aromatic heterocycles. The molecule has 8 heteroatoms. The summed E-state index contributed by atoms with van der Waals surface area (Å²) in [6, 6.07) is 5.00. The van der Waals surface area contributed by atoms with Gasteiger partial charge in [0, 0.05) is 18.9 Å². The third-order valence-corrected chi connectivity index (χ3v) is 4.03. The first-order valence-corrected chi connectivity index (χ1v) is 8.87. The molecule has 1 N–H and O–H groups in total. The van der Waals surface area contributed by atoms with Gasteiger partial charge in [-0.25, -0.2) is 8.42 Å². The second kappa shape index (κ2) is 7.63. The van der Waals surface area contributed by atoms with Crippen molar-refractivity contribution in [3.63, 3.8) is 0 Å². The van der Waals surface area contributed by atoms with Crippen molar-refractivity contribution in [2.24, 2.45) is 0 Å². The summed E-state index contributed by atoms with van der Waals surface area (Å²) in [7, 11) is -3.10. The van der Waals surface area contributed by atoms with Crippen LogP contribution in [0.25, 0.3) is 5.57 Å². The highest BCUT2D eigenvalue weighted by Gasteiger charge is 2.33. The van der Waals surface area contributed by atoms with E-state index in [1.807, 2.05) is 0 Å². The average molecular weight is 349 g/mol. The van der Waals surface area contributed by atoms with Gasteiger partial charge in [0.25, 0.3) is 0 Å². The Kier molecular flexibility index (Phi) is 6.37. The molecule has 0 fully saturated rings. The van der Waals surface area contributed by atoms with Crippen LogP contribution in [0.4, 0.5) is 13.2 Å². The lowest BCUT2D eigenvalue weighted by atomic mass is 10.00. The van der Waals surface area contributed by atoms with Crippen LogP contribution < -0.4 is 5.32 Å². The van der Waals surface area contributed by atoms with Crippen LogP contribution in [0, 0.1) is 0 Å². The number of allylic oxidation sites excluding steroid dienone is 1. The summed E-state index contributed by atoms with van der Waals surface area (Å²) in [5.74, 6) is -0.625. The highest BCUT2D eigenvalue weighted by molar-refractivity contribution is 7.90.